The first-order chi connectivity index (χ1) is 25.5. The lowest BCUT2D eigenvalue weighted by Gasteiger charge is -2.52. The standard InChI is InChI=1S/C40H47N3O8S2/c1-4-23(2)37(47)51-39(3)9-7-25-21-52-53-22-30-8-10-43(30)35(46)15-29-19-42-34(41)16-31(29)36(25)40(39)18-28-14-26-13-27(12-24(20-45)6-5-11-44)38(48)49-32(26)17-33(28)50-40/h4,7,13-14,16-17,19,24,30,36,44-45H,5-6,8-12,15,18,20-22H2,1-3H3,(H2,41,42)/b23-4+/t24-,30-,36-,39-,40-/m1/s1. The van der Waals surface area contributed by atoms with Gasteiger partial charge in [-0.2, -0.15) is 0 Å². The van der Waals surface area contributed by atoms with Gasteiger partial charge >= 0.3 is 11.6 Å². The number of benzene rings is 1. The zero-order chi connectivity index (χ0) is 37.5. The summed E-state index contributed by atoms with van der Waals surface area (Å²) in [6.07, 6.45) is 8.90. The van der Waals surface area contributed by atoms with Crippen molar-refractivity contribution in [3.8, 4) is 5.75 Å². The lowest BCUT2D eigenvalue weighted by atomic mass is 9.61. The molecule has 1 saturated heterocycles. The van der Waals surface area contributed by atoms with E-state index in [0.717, 1.165) is 41.0 Å². The number of carbonyl (C=O) groups is 2. The van der Waals surface area contributed by atoms with Gasteiger partial charge in [-0.25, -0.2) is 14.6 Å². The molecule has 4 N–H and O–H groups in total. The van der Waals surface area contributed by atoms with Crippen molar-refractivity contribution in [3.63, 3.8) is 0 Å². The lowest BCUT2D eigenvalue weighted by Crippen LogP contribution is -2.63. The Morgan fingerprint density at radius 3 is 2.77 bits per heavy atom. The van der Waals surface area contributed by atoms with Gasteiger partial charge in [0, 0.05) is 78.9 Å². The molecule has 3 aromatic rings. The van der Waals surface area contributed by atoms with Crippen molar-refractivity contribution in [2.45, 2.75) is 88.9 Å². The second-order valence-electron chi connectivity index (χ2n) is 14.9. The molecule has 1 amide bonds. The normalized spacial score (nSPS) is 26.2. The number of nitrogens with zero attached hydrogens (tertiary/aromatic N) is 2. The molecule has 3 aliphatic heterocycles. The number of esters is 1. The Morgan fingerprint density at radius 2 is 2.04 bits per heavy atom. The minimum Gasteiger partial charge on any atom is -0.481 e. The summed E-state index contributed by atoms with van der Waals surface area (Å²) in [7, 11) is 3.51. The highest BCUT2D eigenvalue weighted by Crippen LogP contribution is 2.58. The predicted molar refractivity (Wildman–Crippen MR) is 207 cm³/mol. The molecule has 5 heterocycles. The number of hydrogen-bond donors (Lipinski definition) is 3. The third-order valence-corrected chi connectivity index (χ3v) is 14.0. The highest BCUT2D eigenvalue weighted by Gasteiger charge is 2.64. The van der Waals surface area contributed by atoms with Crippen molar-refractivity contribution in [2.24, 2.45) is 5.92 Å². The summed E-state index contributed by atoms with van der Waals surface area (Å²) < 4.78 is 19.6. The molecule has 2 aromatic heterocycles. The second kappa shape index (κ2) is 15.2. The number of aliphatic hydroxyl groups is 2. The van der Waals surface area contributed by atoms with Gasteiger partial charge in [0.2, 0.25) is 5.91 Å². The Balaban J connectivity index is 1.37. The summed E-state index contributed by atoms with van der Waals surface area (Å²) in [5, 5.41) is 20.0. The molecule has 0 saturated carbocycles. The topological polar surface area (TPSA) is 165 Å². The first-order valence-electron chi connectivity index (χ1n) is 18.3. The van der Waals surface area contributed by atoms with E-state index in [1.807, 2.05) is 30.0 Å². The van der Waals surface area contributed by atoms with Crippen LogP contribution in [0.4, 0.5) is 5.82 Å². The Labute approximate surface area is 316 Å². The summed E-state index contributed by atoms with van der Waals surface area (Å²) >= 11 is 0. The summed E-state index contributed by atoms with van der Waals surface area (Å²) in [4.78, 5) is 47.0. The molecule has 1 spiro atoms. The van der Waals surface area contributed by atoms with Crippen LogP contribution in [-0.2, 0) is 33.6 Å². The minimum absolute atomic E-state index is 0.0114. The maximum absolute atomic E-state index is 13.8. The number of amides is 1. The van der Waals surface area contributed by atoms with Gasteiger partial charge in [0.15, 0.2) is 11.2 Å². The Morgan fingerprint density at radius 1 is 1.21 bits per heavy atom. The third kappa shape index (κ3) is 7.01. The van der Waals surface area contributed by atoms with Crippen molar-refractivity contribution in [1.29, 1.82) is 0 Å². The van der Waals surface area contributed by atoms with Crippen LogP contribution in [0.1, 0.15) is 74.6 Å². The molecule has 1 fully saturated rings. The van der Waals surface area contributed by atoms with E-state index < -0.39 is 28.7 Å². The summed E-state index contributed by atoms with van der Waals surface area (Å²) in [5.41, 5.74) is 8.36. The van der Waals surface area contributed by atoms with Crippen LogP contribution in [0.2, 0.25) is 0 Å². The number of ether oxygens (including phenoxy) is 2. The smallest absolute Gasteiger partial charge is 0.339 e. The van der Waals surface area contributed by atoms with Crippen LogP contribution in [-0.4, -0.2) is 80.5 Å². The van der Waals surface area contributed by atoms with Crippen molar-refractivity contribution < 1.29 is 33.7 Å². The van der Waals surface area contributed by atoms with Gasteiger partial charge in [-0.15, -0.1) is 0 Å². The maximum Gasteiger partial charge on any atom is 0.339 e. The Hall–Kier alpha value is -3.78. The van der Waals surface area contributed by atoms with Crippen molar-refractivity contribution in [1.82, 2.24) is 9.88 Å². The fourth-order valence-corrected chi connectivity index (χ4v) is 10.8. The van der Waals surface area contributed by atoms with Crippen molar-refractivity contribution >= 4 is 50.3 Å². The summed E-state index contributed by atoms with van der Waals surface area (Å²) in [6.45, 7) is 6.08. The number of aliphatic hydroxyl groups excluding tert-OH is 2. The number of aromatic nitrogens is 1. The average Bonchev–Trinajstić information content (AvgIpc) is 3.49. The van der Waals surface area contributed by atoms with Gasteiger partial charge in [0.25, 0.3) is 0 Å². The maximum atomic E-state index is 13.8. The molecule has 282 valence electrons. The van der Waals surface area contributed by atoms with Crippen LogP contribution in [0.25, 0.3) is 11.0 Å². The van der Waals surface area contributed by atoms with Crippen LogP contribution in [0.15, 0.2) is 63.0 Å². The Kier molecular flexibility index (Phi) is 10.7. The van der Waals surface area contributed by atoms with Gasteiger partial charge in [-0.05, 0) is 87.3 Å². The summed E-state index contributed by atoms with van der Waals surface area (Å²) in [5.74, 6) is 1.27. The van der Waals surface area contributed by atoms with Gasteiger partial charge in [-0.1, -0.05) is 39.3 Å². The molecular weight excluding hydrogens is 715 g/mol. The second-order valence-corrected chi connectivity index (χ2v) is 17.4. The molecule has 0 radical (unpaired) electrons. The zero-order valence-corrected chi connectivity index (χ0v) is 32.0. The van der Waals surface area contributed by atoms with Gasteiger partial charge in [0.05, 0.1) is 12.3 Å². The predicted octanol–water partition coefficient (Wildman–Crippen LogP) is 5.29. The quantitative estimate of drug-likeness (QED) is 0.0895. The van der Waals surface area contributed by atoms with E-state index in [0.29, 0.717) is 71.5 Å². The number of allylic oxidation sites excluding steroid dienone is 1. The molecule has 7 rings (SSSR count). The van der Waals surface area contributed by atoms with Crippen LogP contribution >= 0.6 is 21.6 Å². The minimum atomic E-state index is -1.18. The van der Waals surface area contributed by atoms with E-state index in [-0.39, 0.29) is 37.5 Å². The van der Waals surface area contributed by atoms with E-state index in [1.165, 1.54) is 0 Å². The number of nitrogen functional groups attached to an aromatic ring is 1. The highest BCUT2D eigenvalue weighted by molar-refractivity contribution is 8.76. The molecule has 1 aliphatic carbocycles. The molecule has 0 unspecified atom stereocenters. The number of nitrogens with two attached hydrogens (primary N) is 1. The van der Waals surface area contributed by atoms with E-state index in [4.69, 9.17) is 19.6 Å². The molecule has 1 aromatic carbocycles. The molecular formula is C40H47N3O8S2. The largest absolute Gasteiger partial charge is 0.481 e. The fraction of sp³-hybridized carbons (Fsp3) is 0.500. The monoisotopic (exact) mass is 761 g/mol. The van der Waals surface area contributed by atoms with E-state index in [2.05, 4.69) is 11.1 Å². The van der Waals surface area contributed by atoms with Gasteiger partial charge in [0.1, 0.15) is 17.2 Å². The first-order valence-corrected chi connectivity index (χ1v) is 20.8. The molecule has 4 aliphatic rings. The number of carbonyl (C=O) groups excluding carboxylic acids is 2. The molecule has 11 nitrogen and oxygen atoms in total. The molecule has 13 heteroatoms. The van der Waals surface area contributed by atoms with Crippen LogP contribution in [0.5, 0.6) is 5.75 Å². The SMILES string of the molecule is C/C=C(\C)C(=O)O[C@]1(C)CC=C2CSSC[C@H]3CCN3C(=O)Cc3cnc(N)cc3[C@@H]2[C@]12Cc1cc3cc(C[C@H](CO)CCCO)c(=O)oc3cc1O2. The van der Waals surface area contributed by atoms with E-state index >= 15 is 0 Å². The first kappa shape index (κ1) is 37.5. The molecule has 0 bridgehead atoms. The van der Waals surface area contributed by atoms with Gasteiger partial charge in [-0.3, -0.25) is 4.79 Å². The average molecular weight is 762 g/mol. The summed E-state index contributed by atoms with van der Waals surface area (Å²) in [6, 6.07) is 7.58. The number of fused-ring (bicyclic) bond motifs is 7. The lowest BCUT2D eigenvalue weighted by molar-refractivity contribution is -0.183. The third-order valence-electron chi connectivity index (χ3n) is 11.6. The number of pyridine rings is 1. The highest BCUT2D eigenvalue weighted by atomic mass is 33.1. The van der Waals surface area contributed by atoms with Crippen molar-refractivity contribution in [3.05, 3.63) is 86.4 Å². The fourth-order valence-electron chi connectivity index (χ4n) is 8.26. The van der Waals surface area contributed by atoms with Crippen molar-refractivity contribution in [2.75, 3.05) is 37.0 Å². The van der Waals surface area contributed by atoms with E-state index in [9.17, 15) is 24.6 Å². The molecule has 5 atom stereocenters. The van der Waals surface area contributed by atoms with Gasteiger partial charge < -0.3 is 34.7 Å². The van der Waals surface area contributed by atoms with E-state index in [1.54, 1.807) is 53.8 Å². The van der Waals surface area contributed by atoms with Crippen LogP contribution < -0.4 is 16.1 Å². The number of rotatable bonds is 8. The Bertz CT molecular complexity index is 2050. The van der Waals surface area contributed by atoms with Crippen LogP contribution in [0.3, 0.4) is 0 Å². The van der Waals surface area contributed by atoms with Crippen LogP contribution in [0, 0.1) is 5.92 Å². The zero-order valence-electron chi connectivity index (χ0n) is 30.4. The number of hydrogen-bond acceptors (Lipinski definition) is 12. The number of anilines is 1. The molecule has 53 heavy (non-hydrogen) atoms.